The zero-order chi connectivity index (χ0) is 6.53. The first-order valence-corrected chi connectivity index (χ1v) is 3.24. The molecule has 0 aliphatic rings. The zero-order valence-corrected chi connectivity index (χ0v) is 5.35. The Kier molecular flexibility index (Phi) is 2.21. The summed E-state index contributed by atoms with van der Waals surface area (Å²) in [5.74, 6) is 0. The van der Waals surface area contributed by atoms with Gasteiger partial charge in [0.05, 0.1) is 11.2 Å². The summed E-state index contributed by atoms with van der Waals surface area (Å²) >= 11 is 1.47. The van der Waals surface area contributed by atoms with E-state index in [4.69, 9.17) is 0 Å². The van der Waals surface area contributed by atoms with E-state index in [0.29, 0.717) is 0 Å². The van der Waals surface area contributed by atoms with Crippen LogP contribution in [-0.4, -0.2) is 11.5 Å². The van der Waals surface area contributed by atoms with Crippen LogP contribution in [0.1, 0.15) is 5.69 Å². The normalized spacial score (nSPS) is 8.89. The second-order valence-electron chi connectivity index (χ2n) is 1.35. The minimum Gasteiger partial charge on any atom is -0.451 e. The average Bonchev–Trinajstić information content (AvgIpc) is 2.34. The van der Waals surface area contributed by atoms with Gasteiger partial charge in [0, 0.05) is 5.38 Å². The highest BCUT2D eigenvalue weighted by Gasteiger charge is 1.91. The van der Waals surface area contributed by atoms with E-state index < -0.39 is 0 Å². The van der Waals surface area contributed by atoms with E-state index in [1.807, 2.05) is 5.38 Å². The van der Waals surface area contributed by atoms with Crippen molar-refractivity contribution in [2.45, 2.75) is 6.61 Å². The molecule has 0 saturated heterocycles. The van der Waals surface area contributed by atoms with Gasteiger partial charge in [-0.05, 0) is 0 Å². The fourth-order valence-corrected chi connectivity index (χ4v) is 0.955. The van der Waals surface area contributed by atoms with Gasteiger partial charge in [-0.2, -0.15) is 0 Å². The van der Waals surface area contributed by atoms with Gasteiger partial charge >= 0.3 is 6.47 Å². The number of rotatable bonds is 3. The summed E-state index contributed by atoms with van der Waals surface area (Å²) < 4.78 is 4.32. The Morgan fingerprint density at radius 1 is 1.89 bits per heavy atom. The van der Waals surface area contributed by atoms with Crippen LogP contribution >= 0.6 is 11.3 Å². The van der Waals surface area contributed by atoms with Crippen molar-refractivity contribution in [2.24, 2.45) is 0 Å². The van der Waals surface area contributed by atoms with Crippen LogP contribution in [0, 0.1) is 0 Å². The second-order valence-corrected chi connectivity index (χ2v) is 2.07. The lowest BCUT2D eigenvalue weighted by Crippen LogP contribution is -1.88. The van der Waals surface area contributed by atoms with E-state index in [0.717, 1.165) is 5.69 Å². The third-order valence-corrected chi connectivity index (χ3v) is 1.40. The molecule has 1 radical (unpaired) electrons. The molecule has 0 aliphatic carbocycles. The first-order chi connectivity index (χ1) is 4.43. The van der Waals surface area contributed by atoms with Crippen molar-refractivity contribution in [3.63, 3.8) is 0 Å². The van der Waals surface area contributed by atoms with Crippen molar-refractivity contribution >= 4 is 17.8 Å². The van der Waals surface area contributed by atoms with Gasteiger partial charge in [0.15, 0.2) is 0 Å². The first kappa shape index (κ1) is 6.22. The summed E-state index contributed by atoms with van der Waals surface area (Å²) in [5, 5.41) is 1.82. The molecule has 1 rings (SSSR count). The predicted molar refractivity (Wildman–Crippen MR) is 32.6 cm³/mol. The highest BCUT2D eigenvalue weighted by Crippen LogP contribution is 2.00. The quantitative estimate of drug-likeness (QED) is 0.624. The maximum absolute atomic E-state index is 9.53. The summed E-state index contributed by atoms with van der Waals surface area (Å²) in [6.07, 6.45) is 0. The van der Waals surface area contributed by atoms with E-state index in [9.17, 15) is 4.79 Å². The third-order valence-electron chi connectivity index (χ3n) is 0.762. The van der Waals surface area contributed by atoms with Crippen molar-refractivity contribution < 1.29 is 9.53 Å². The minimum atomic E-state index is 0.229. The zero-order valence-electron chi connectivity index (χ0n) is 4.53. The van der Waals surface area contributed by atoms with Crippen molar-refractivity contribution in [1.29, 1.82) is 0 Å². The Labute approximate surface area is 56.3 Å². The van der Waals surface area contributed by atoms with Gasteiger partial charge in [-0.15, -0.1) is 11.3 Å². The highest BCUT2D eigenvalue weighted by molar-refractivity contribution is 7.07. The molecule has 1 aromatic heterocycles. The van der Waals surface area contributed by atoms with Gasteiger partial charge in [-0.1, -0.05) is 0 Å². The van der Waals surface area contributed by atoms with Gasteiger partial charge in [0.1, 0.15) is 6.61 Å². The van der Waals surface area contributed by atoms with Crippen LogP contribution < -0.4 is 0 Å². The van der Waals surface area contributed by atoms with Crippen LogP contribution in [0.2, 0.25) is 0 Å². The van der Waals surface area contributed by atoms with Crippen molar-refractivity contribution in [3.8, 4) is 0 Å². The molecule has 0 fully saturated rings. The van der Waals surface area contributed by atoms with Crippen LogP contribution in [0.25, 0.3) is 0 Å². The fraction of sp³-hybridized carbons (Fsp3) is 0.200. The fourth-order valence-electron chi connectivity index (χ4n) is 0.412. The molecular weight excluding hydrogens is 138 g/mol. The van der Waals surface area contributed by atoms with Gasteiger partial charge < -0.3 is 4.74 Å². The number of aromatic nitrogens is 1. The molecule has 0 N–H and O–H groups in total. The lowest BCUT2D eigenvalue weighted by atomic mass is 10.5. The van der Waals surface area contributed by atoms with Crippen LogP contribution in [0.3, 0.4) is 0 Å². The largest absolute Gasteiger partial charge is 0.451 e. The molecule has 0 saturated carbocycles. The monoisotopic (exact) mass is 142 g/mol. The molecule has 0 bridgehead atoms. The van der Waals surface area contributed by atoms with Crippen molar-refractivity contribution in [3.05, 3.63) is 16.6 Å². The van der Waals surface area contributed by atoms with Gasteiger partial charge in [-0.3, -0.25) is 0 Å². The molecule has 0 spiro atoms. The van der Waals surface area contributed by atoms with Crippen molar-refractivity contribution in [2.75, 3.05) is 0 Å². The Balaban J connectivity index is 2.38. The Morgan fingerprint density at radius 2 is 2.78 bits per heavy atom. The van der Waals surface area contributed by atoms with E-state index in [-0.39, 0.29) is 6.61 Å². The topological polar surface area (TPSA) is 39.2 Å². The summed E-state index contributed by atoms with van der Waals surface area (Å²) in [7, 11) is 0. The van der Waals surface area contributed by atoms with Crippen LogP contribution in [0.15, 0.2) is 10.9 Å². The predicted octanol–water partition coefficient (Wildman–Crippen LogP) is 0.727. The Bertz CT molecular complexity index is 173. The molecule has 0 aromatic carbocycles. The molecule has 0 atom stereocenters. The summed E-state index contributed by atoms with van der Waals surface area (Å²) in [6.45, 7) is 1.55. The summed E-state index contributed by atoms with van der Waals surface area (Å²) in [4.78, 5) is 13.4. The molecule has 0 aliphatic heterocycles. The van der Waals surface area contributed by atoms with Crippen LogP contribution in [-0.2, 0) is 16.1 Å². The summed E-state index contributed by atoms with van der Waals surface area (Å²) in [5.41, 5.74) is 2.45. The maximum atomic E-state index is 9.53. The average molecular weight is 142 g/mol. The molecule has 4 heteroatoms. The number of hydrogen-bond donors (Lipinski definition) is 0. The molecule has 0 unspecified atom stereocenters. The molecule has 1 heterocycles. The lowest BCUT2D eigenvalue weighted by Gasteiger charge is -1.88. The lowest BCUT2D eigenvalue weighted by molar-refractivity contribution is 0.264. The Morgan fingerprint density at radius 3 is 3.33 bits per heavy atom. The van der Waals surface area contributed by atoms with Crippen LogP contribution in [0.4, 0.5) is 0 Å². The molecule has 9 heavy (non-hydrogen) atoms. The number of nitrogens with zero attached hydrogens (tertiary/aromatic N) is 1. The molecule has 1 aromatic rings. The standard InChI is InChI=1S/C5H4NO2S/c7-4-8-1-5-2-9-3-6-5/h2-3H,1H2. The van der Waals surface area contributed by atoms with Gasteiger partial charge in [0.25, 0.3) is 0 Å². The first-order valence-electron chi connectivity index (χ1n) is 2.29. The SMILES string of the molecule is O=[C]OCc1cscn1. The van der Waals surface area contributed by atoms with Gasteiger partial charge in [0.2, 0.25) is 0 Å². The van der Waals surface area contributed by atoms with Crippen molar-refractivity contribution in [1.82, 2.24) is 4.98 Å². The summed E-state index contributed by atoms with van der Waals surface area (Å²) in [6, 6.07) is 0. The van der Waals surface area contributed by atoms with Gasteiger partial charge in [-0.25, -0.2) is 9.78 Å². The van der Waals surface area contributed by atoms with Crippen LogP contribution in [0.5, 0.6) is 0 Å². The minimum absolute atomic E-state index is 0.229. The number of carbonyl (C=O) groups excluding carboxylic acids is 1. The molecular formula is C5H4NO2S. The second kappa shape index (κ2) is 3.19. The highest BCUT2D eigenvalue weighted by atomic mass is 32.1. The van der Waals surface area contributed by atoms with E-state index in [1.54, 1.807) is 5.51 Å². The number of ether oxygens (including phenoxy) is 1. The van der Waals surface area contributed by atoms with E-state index in [2.05, 4.69) is 9.72 Å². The molecule has 47 valence electrons. The third kappa shape index (κ3) is 1.81. The van der Waals surface area contributed by atoms with E-state index in [1.165, 1.54) is 17.8 Å². The Hall–Kier alpha value is -0.900. The number of hydrogen-bond acceptors (Lipinski definition) is 4. The molecule has 0 amide bonds. The smallest absolute Gasteiger partial charge is 0.417 e. The maximum Gasteiger partial charge on any atom is 0.417 e. The van der Waals surface area contributed by atoms with E-state index >= 15 is 0 Å². The number of thiazole rings is 1. The molecule has 3 nitrogen and oxygen atoms in total.